The summed E-state index contributed by atoms with van der Waals surface area (Å²) >= 11 is 0. The Hall–Kier alpha value is -3.61. The molecule has 0 spiro atoms. The van der Waals surface area contributed by atoms with Gasteiger partial charge in [0.05, 0.1) is 6.42 Å². The third kappa shape index (κ3) is 4.56. The van der Waals surface area contributed by atoms with Gasteiger partial charge >= 0.3 is 11.6 Å². The number of carbonyl (C=O) groups excluding carboxylic acids is 1. The first kappa shape index (κ1) is 19.2. The first-order valence-corrected chi connectivity index (χ1v) is 8.73. The van der Waals surface area contributed by atoms with Gasteiger partial charge in [-0.25, -0.2) is 4.79 Å². The summed E-state index contributed by atoms with van der Waals surface area (Å²) in [6.07, 6.45) is -1.00. The normalized spacial score (nSPS) is 11.8. The van der Waals surface area contributed by atoms with Gasteiger partial charge in [-0.1, -0.05) is 30.3 Å². The Morgan fingerprint density at radius 1 is 1.14 bits per heavy atom. The van der Waals surface area contributed by atoms with Crippen molar-refractivity contribution >= 4 is 22.8 Å². The Balaban J connectivity index is 1.82. The average Bonchev–Trinajstić information content (AvgIpc) is 2.67. The van der Waals surface area contributed by atoms with Crippen LogP contribution in [0.25, 0.3) is 22.1 Å². The maximum Gasteiger partial charge on any atom is 0.336 e. The summed E-state index contributed by atoms with van der Waals surface area (Å²) in [6, 6.07) is 15.9. The SMILES string of the molecule is C[C@@H](Oc1ccc2c(-c3ccccc3)cc(=O)oc2c1)C(=O)NCCC(=O)O. The molecule has 2 aromatic carbocycles. The molecule has 0 aliphatic heterocycles. The molecule has 3 aromatic rings. The average molecular weight is 381 g/mol. The number of hydrogen-bond donors (Lipinski definition) is 2. The molecule has 0 saturated heterocycles. The van der Waals surface area contributed by atoms with Crippen LogP contribution in [0.4, 0.5) is 0 Å². The van der Waals surface area contributed by atoms with Crippen molar-refractivity contribution in [2.75, 3.05) is 6.54 Å². The van der Waals surface area contributed by atoms with E-state index in [1.54, 1.807) is 25.1 Å². The molecule has 1 aromatic heterocycles. The van der Waals surface area contributed by atoms with Crippen molar-refractivity contribution in [3.63, 3.8) is 0 Å². The van der Waals surface area contributed by atoms with Crippen molar-refractivity contribution in [3.05, 3.63) is 65.0 Å². The van der Waals surface area contributed by atoms with Crippen molar-refractivity contribution in [1.82, 2.24) is 5.32 Å². The highest BCUT2D eigenvalue weighted by Crippen LogP contribution is 2.29. The Morgan fingerprint density at radius 3 is 2.61 bits per heavy atom. The van der Waals surface area contributed by atoms with Crippen LogP contribution < -0.4 is 15.7 Å². The Kier molecular flexibility index (Phi) is 5.74. The number of carboxylic acids is 1. The van der Waals surface area contributed by atoms with Crippen molar-refractivity contribution < 1.29 is 23.8 Å². The van der Waals surface area contributed by atoms with Crippen LogP contribution in [0.15, 0.2) is 63.8 Å². The molecule has 7 nitrogen and oxygen atoms in total. The standard InChI is InChI=1S/C21H19NO6/c1-13(21(26)22-10-9-19(23)24)27-15-7-8-16-17(14-5-3-2-4-6-14)12-20(25)28-18(16)11-15/h2-8,11-13H,9-10H2,1H3,(H,22,26)(H,23,24)/t13-/m1/s1. The summed E-state index contributed by atoms with van der Waals surface area (Å²) < 4.78 is 10.9. The van der Waals surface area contributed by atoms with E-state index >= 15 is 0 Å². The second kappa shape index (κ2) is 8.39. The third-order valence-electron chi connectivity index (χ3n) is 4.12. The number of fused-ring (bicyclic) bond motifs is 1. The number of carboxylic acid groups (broad SMARTS) is 1. The molecule has 2 N–H and O–H groups in total. The number of amides is 1. The minimum absolute atomic E-state index is 0.0227. The number of rotatable bonds is 7. The lowest BCUT2D eigenvalue weighted by atomic mass is 10.0. The van der Waals surface area contributed by atoms with Crippen LogP contribution >= 0.6 is 0 Å². The molecule has 7 heteroatoms. The molecular weight excluding hydrogens is 362 g/mol. The number of aliphatic carboxylic acids is 1. The topological polar surface area (TPSA) is 106 Å². The zero-order valence-electron chi connectivity index (χ0n) is 15.2. The molecule has 0 aliphatic carbocycles. The van der Waals surface area contributed by atoms with Gasteiger partial charge in [0.2, 0.25) is 0 Å². The van der Waals surface area contributed by atoms with Crippen LogP contribution in [0.1, 0.15) is 13.3 Å². The highest BCUT2D eigenvalue weighted by molar-refractivity contribution is 5.93. The number of ether oxygens (including phenoxy) is 1. The minimum atomic E-state index is -0.993. The van der Waals surface area contributed by atoms with Gasteiger partial charge in [-0.15, -0.1) is 0 Å². The number of hydrogen-bond acceptors (Lipinski definition) is 5. The van der Waals surface area contributed by atoms with Gasteiger partial charge in [0.1, 0.15) is 11.3 Å². The van der Waals surface area contributed by atoms with E-state index in [9.17, 15) is 14.4 Å². The third-order valence-corrected chi connectivity index (χ3v) is 4.12. The van der Waals surface area contributed by atoms with Crippen LogP contribution in [-0.2, 0) is 9.59 Å². The van der Waals surface area contributed by atoms with E-state index in [-0.39, 0.29) is 13.0 Å². The number of nitrogens with one attached hydrogen (secondary N) is 1. The van der Waals surface area contributed by atoms with Gasteiger partial charge in [0.15, 0.2) is 6.10 Å². The highest BCUT2D eigenvalue weighted by Gasteiger charge is 2.16. The Morgan fingerprint density at radius 2 is 1.89 bits per heavy atom. The fourth-order valence-corrected chi connectivity index (χ4v) is 2.77. The second-order valence-corrected chi connectivity index (χ2v) is 6.20. The van der Waals surface area contributed by atoms with Gasteiger partial charge in [-0.05, 0) is 30.2 Å². The molecule has 0 unspecified atom stereocenters. The quantitative estimate of drug-likeness (QED) is 0.610. The zero-order chi connectivity index (χ0) is 20.1. The fourth-order valence-electron chi connectivity index (χ4n) is 2.77. The predicted octanol–water partition coefficient (Wildman–Crippen LogP) is 2.82. The summed E-state index contributed by atoms with van der Waals surface area (Å²) in [4.78, 5) is 34.5. The maximum absolute atomic E-state index is 12.0. The molecule has 0 aliphatic rings. The molecule has 0 saturated carbocycles. The summed E-state index contributed by atoms with van der Waals surface area (Å²) in [5.74, 6) is -1.06. The van der Waals surface area contributed by atoms with Crippen LogP contribution in [-0.4, -0.2) is 29.6 Å². The van der Waals surface area contributed by atoms with Crippen molar-refractivity contribution in [1.29, 1.82) is 0 Å². The number of carbonyl (C=O) groups is 2. The number of benzene rings is 2. The molecule has 3 rings (SSSR count). The van der Waals surface area contributed by atoms with E-state index in [0.717, 1.165) is 16.5 Å². The van der Waals surface area contributed by atoms with E-state index in [0.29, 0.717) is 11.3 Å². The van der Waals surface area contributed by atoms with Crippen LogP contribution in [0.3, 0.4) is 0 Å². The molecule has 1 amide bonds. The van der Waals surface area contributed by atoms with Gasteiger partial charge in [0, 0.05) is 24.1 Å². The molecular formula is C21H19NO6. The lowest BCUT2D eigenvalue weighted by Crippen LogP contribution is -2.37. The van der Waals surface area contributed by atoms with Crippen molar-refractivity contribution in [2.45, 2.75) is 19.4 Å². The summed E-state index contributed by atoms with van der Waals surface area (Å²) in [6.45, 7) is 1.58. The van der Waals surface area contributed by atoms with E-state index in [1.807, 2.05) is 30.3 Å². The highest BCUT2D eigenvalue weighted by atomic mass is 16.5. The molecule has 1 heterocycles. The van der Waals surface area contributed by atoms with Crippen LogP contribution in [0, 0.1) is 0 Å². The molecule has 1 atom stereocenters. The predicted molar refractivity (Wildman–Crippen MR) is 103 cm³/mol. The fraction of sp³-hybridized carbons (Fsp3) is 0.190. The Labute approximate surface area is 160 Å². The van der Waals surface area contributed by atoms with Crippen LogP contribution in [0.2, 0.25) is 0 Å². The molecule has 28 heavy (non-hydrogen) atoms. The van der Waals surface area contributed by atoms with E-state index in [2.05, 4.69) is 5.32 Å². The van der Waals surface area contributed by atoms with Gasteiger partial charge in [-0.3, -0.25) is 9.59 Å². The first-order chi connectivity index (χ1) is 13.4. The first-order valence-electron chi connectivity index (χ1n) is 8.73. The van der Waals surface area contributed by atoms with E-state index in [4.69, 9.17) is 14.3 Å². The van der Waals surface area contributed by atoms with Crippen molar-refractivity contribution in [3.8, 4) is 16.9 Å². The molecule has 144 valence electrons. The van der Waals surface area contributed by atoms with Gasteiger partial charge in [-0.2, -0.15) is 0 Å². The lowest BCUT2D eigenvalue weighted by Gasteiger charge is -2.15. The molecule has 0 fully saturated rings. The summed E-state index contributed by atoms with van der Waals surface area (Å²) in [5, 5.41) is 11.8. The Bertz CT molecular complexity index is 1060. The smallest absolute Gasteiger partial charge is 0.336 e. The van der Waals surface area contributed by atoms with Crippen LogP contribution in [0.5, 0.6) is 5.75 Å². The zero-order valence-corrected chi connectivity index (χ0v) is 15.2. The second-order valence-electron chi connectivity index (χ2n) is 6.20. The van der Waals surface area contributed by atoms with E-state index in [1.165, 1.54) is 6.07 Å². The summed E-state index contributed by atoms with van der Waals surface area (Å²) in [5.41, 5.74) is 1.50. The maximum atomic E-state index is 12.0. The summed E-state index contributed by atoms with van der Waals surface area (Å²) in [7, 11) is 0. The van der Waals surface area contributed by atoms with E-state index < -0.39 is 23.6 Å². The minimum Gasteiger partial charge on any atom is -0.481 e. The van der Waals surface area contributed by atoms with Gasteiger partial charge in [0.25, 0.3) is 5.91 Å². The monoisotopic (exact) mass is 381 g/mol. The molecule has 0 radical (unpaired) electrons. The molecule has 0 bridgehead atoms. The van der Waals surface area contributed by atoms with Gasteiger partial charge < -0.3 is 19.6 Å². The van der Waals surface area contributed by atoms with Crippen molar-refractivity contribution in [2.24, 2.45) is 0 Å². The largest absolute Gasteiger partial charge is 0.481 e. The lowest BCUT2D eigenvalue weighted by molar-refractivity contribution is -0.137.